The van der Waals surface area contributed by atoms with Crippen LogP contribution in [0.2, 0.25) is 5.02 Å². The number of nitrogens with zero attached hydrogens (tertiary/aromatic N) is 1. The molecule has 1 heterocycles. The van der Waals surface area contributed by atoms with Gasteiger partial charge in [0.15, 0.2) is 0 Å². The number of imide groups is 1. The molecule has 0 atom stereocenters. The number of amides is 3. The lowest BCUT2D eigenvalue weighted by atomic mass is 10.3. The molecule has 0 bridgehead atoms. The second kappa shape index (κ2) is 5.49. The minimum absolute atomic E-state index is 0.163. The van der Waals surface area contributed by atoms with Crippen molar-refractivity contribution < 1.29 is 9.59 Å². The van der Waals surface area contributed by atoms with E-state index >= 15 is 0 Å². The van der Waals surface area contributed by atoms with Crippen LogP contribution in [0, 0.1) is 0 Å². The second-order valence-corrected chi connectivity index (χ2v) is 5.18. The van der Waals surface area contributed by atoms with Crippen molar-refractivity contribution >= 4 is 41.0 Å². The lowest BCUT2D eigenvalue weighted by Gasteiger charge is -2.12. The molecule has 3 amide bonds. The molecule has 0 spiro atoms. The molecule has 0 aliphatic carbocycles. The quantitative estimate of drug-likeness (QED) is 0.653. The van der Waals surface area contributed by atoms with Crippen LogP contribution in [-0.2, 0) is 4.79 Å². The van der Waals surface area contributed by atoms with E-state index in [4.69, 9.17) is 17.3 Å². The average Bonchev–Trinajstić information content (AvgIpc) is 2.76. The van der Waals surface area contributed by atoms with E-state index in [0.29, 0.717) is 23.8 Å². The molecule has 1 aliphatic rings. The molecule has 0 unspecified atom stereocenters. The average molecular weight is 286 g/mol. The van der Waals surface area contributed by atoms with Crippen molar-refractivity contribution in [3.05, 3.63) is 23.2 Å². The maximum Gasteiger partial charge on any atom is 0.324 e. The normalized spacial score (nSPS) is 14.7. The van der Waals surface area contributed by atoms with Crippen molar-refractivity contribution in [1.82, 2.24) is 10.2 Å². The van der Waals surface area contributed by atoms with Crippen LogP contribution in [0.4, 0.5) is 10.5 Å². The summed E-state index contributed by atoms with van der Waals surface area (Å²) in [5, 5.41) is 3.13. The number of hydrogen-bond acceptors (Lipinski definition) is 4. The van der Waals surface area contributed by atoms with Crippen molar-refractivity contribution in [2.24, 2.45) is 0 Å². The zero-order chi connectivity index (χ0) is 13.1. The SMILES string of the molecule is Nc1ccc(Cl)c(SCC(=O)N2CCNC2=O)c1. The van der Waals surface area contributed by atoms with Gasteiger partial charge >= 0.3 is 6.03 Å². The van der Waals surface area contributed by atoms with Gasteiger partial charge in [0.25, 0.3) is 0 Å². The van der Waals surface area contributed by atoms with E-state index in [0.717, 1.165) is 4.90 Å². The highest BCUT2D eigenvalue weighted by Gasteiger charge is 2.25. The van der Waals surface area contributed by atoms with Gasteiger partial charge in [-0.05, 0) is 18.2 Å². The smallest absolute Gasteiger partial charge is 0.324 e. The molecule has 1 aliphatic heterocycles. The summed E-state index contributed by atoms with van der Waals surface area (Å²) in [6.45, 7) is 0.928. The van der Waals surface area contributed by atoms with E-state index in [9.17, 15) is 9.59 Å². The molecule has 0 aromatic heterocycles. The first-order valence-electron chi connectivity index (χ1n) is 5.34. The van der Waals surface area contributed by atoms with Gasteiger partial charge in [0.2, 0.25) is 5.91 Å². The first-order valence-corrected chi connectivity index (χ1v) is 6.70. The van der Waals surface area contributed by atoms with Gasteiger partial charge in [-0.25, -0.2) is 4.79 Å². The fourth-order valence-electron chi connectivity index (χ4n) is 1.56. The third-order valence-corrected chi connectivity index (χ3v) is 3.95. The topological polar surface area (TPSA) is 75.4 Å². The Morgan fingerprint density at radius 2 is 2.33 bits per heavy atom. The molecule has 1 aromatic rings. The molecule has 0 radical (unpaired) electrons. The van der Waals surface area contributed by atoms with Crippen molar-refractivity contribution in [2.75, 3.05) is 24.6 Å². The van der Waals surface area contributed by atoms with Crippen molar-refractivity contribution in [3.63, 3.8) is 0 Å². The zero-order valence-corrected chi connectivity index (χ0v) is 11.1. The number of nitrogens with two attached hydrogens (primary N) is 1. The summed E-state index contributed by atoms with van der Waals surface area (Å²) >= 11 is 7.26. The Morgan fingerprint density at radius 3 is 3.00 bits per heavy atom. The summed E-state index contributed by atoms with van der Waals surface area (Å²) in [7, 11) is 0. The summed E-state index contributed by atoms with van der Waals surface area (Å²) in [4.78, 5) is 25.0. The number of carbonyl (C=O) groups excluding carboxylic acids is 2. The first kappa shape index (κ1) is 13.0. The predicted octanol–water partition coefficient (Wildman–Crippen LogP) is 1.57. The van der Waals surface area contributed by atoms with Gasteiger partial charge in [-0.1, -0.05) is 11.6 Å². The Kier molecular flexibility index (Phi) is 3.98. The van der Waals surface area contributed by atoms with E-state index in [1.54, 1.807) is 18.2 Å². The number of thioether (sulfide) groups is 1. The minimum atomic E-state index is -0.334. The van der Waals surface area contributed by atoms with Crippen molar-refractivity contribution in [1.29, 1.82) is 0 Å². The minimum Gasteiger partial charge on any atom is -0.399 e. The molecule has 1 fully saturated rings. The summed E-state index contributed by atoms with van der Waals surface area (Å²) in [6.07, 6.45) is 0. The highest BCUT2D eigenvalue weighted by molar-refractivity contribution is 8.00. The van der Waals surface area contributed by atoms with Crippen LogP contribution in [-0.4, -0.2) is 35.7 Å². The van der Waals surface area contributed by atoms with Crippen LogP contribution in [0.3, 0.4) is 0 Å². The third-order valence-electron chi connectivity index (χ3n) is 2.46. The van der Waals surface area contributed by atoms with E-state index in [1.165, 1.54) is 16.7 Å². The molecule has 1 aromatic carbocycles. The molecule has 96 valence electrons. The Hall–Kier alpha value is -1.40. The Bertz CT molecular complexity index is 495. The molecular weight excluding hydrogens is 274 g/mol. The van der Waals surface area contributed by atoms with Crippen molar-refractivity contribution in [3.8, 4) is 0 Å². The number of urea groups is 1. The molecule has 3 N–H and O–H groups in total. The molecular formula is C11H12ClN3O2S. The Labute approximate surface area is 114 Å². The van der Waals surface area contributed by atoms with Gasteiger partial charge < -0.3 is 11.1 Å². The van der Waals surface area contributed by atoms with Crippen LogP contribution in [0.25, 0.3) is 0 Å². The van der Waals surface area contributed by atoms with Crippen molar-refractivity contribution in [2.45, 2.75) is 4.90 Å². The lowest BCUT2D eigenvalue weighted by Crippen LogP contribution is -2.35. The Morgan fingerprint density at radius 1 is 1.56 bits per heavy atom. The second-order valence-electron chi connectivity index (χ2n) is 3.76. The number of carbonyl (C=O) groups is 2. The van der Waals surface area contributed by atoms with Gasteiger partial charge in [0.1, 0.15) is 0 Å². The standard InChI is InChI=1S/C11H12ClN3O2S/c12-8-2-1-7(13)5-9(8)18-6-10(16)15-4-3-14-11(15)17/h1-2,5H,3-4,6,13H2,(H,14,17). The lowest BCUT2D eigenvalue weighted by molar-refractivity contribution is -0.124. The molecule has 1 saturated heterocycles. The summed E-state index contributed by atoms with van der Waals surface area (Å²) in [5.41, 5.74) is 6.24. The van der Waals surface area contributed by atoms with Crippen LogP contribution < -0.4 is 11.1 Å². The first-order chi connectivity index (χ1) is 8.58. The van der Waals surface area contributed by atoms with Gasteiger partial charge in [-0.3, -0.25) is 9.69 Å². The number of anilines is 1. The highest BCUT2D eigenvalue weighted by Crippen LogP contribution is 2.29. The maximum absolute atomic E-state index is 11.8. The summed E-state index contributed by atoms with van der Waals surface area (Å²) < 4.78 is 0. The summed E-state index contributed by atoms with van der Waals surface area (Å²) in [6, 6.07) is 4.76. The largest absolute Gasteiger partial charge is 0.399 e. The van der Waals surface area contributed by atoms with E-state index in [-0.39, 0.29) is 17.7 Å². The van der Waals surface area contributed by atoms with E-state index in [2.05, 4.69) is 5.32 Å². The zero-order valence-electron chi connectivity index (χ0n) is 9.48. The monoisotopic (exact) mass is 285 g/mol. The summed E-state index contributed by atoms with van der Waals surface area (Å²) in [5.74, 6) is -0.0650. The van der Waals surface area contributed by atoms with E-state index < -0.39 is 0 Å². The number of nitrogens with one attached hydrogen (secondary N) is 1. The van der Waals surface area contributed by atoms with Crippen LogP contribution >= 0.6 is 23.4 Å². The van der Waals surface area contributed by atoms with Gasteiger partial charge in [-0.2, -0.15) is 0 Å². The van der Waals surface area contributed by atoms with Crippen LogP contribution in [0.1, 0.15) is 0 Å². The maximum atomic E-state index is 11.8. The highest BCUT2D eigenvalue weighted by atomic mass is 35.5. The van der Waals surface area contributed by atoms with Crippen LogP contribution in [0.5, 0.6) is 0 Å². The van der Waals surface area contributed by atoms with Crippen LogP contribution in [0.15, 0.2) is 23.1 Å². The fourth-order valence-corrected chi connectivity index (χ4v) is 2.70. The molecule has 7 heteroatoms. The molecule has 18 heavy (non-hydrogen) atoms. The van der Waals surface area contributed by atoms with Gasteiger partial charge in [-0.15, -0.1) is 11.8 Å². The number of benzene rings is 1. The molecule has 2 rings (SSSR count). The number of hydrogen-bond donors (Lipinski definition) is 2. The number of nitrogen functional groups attached to an aromatic ring is 1. The molecule has 0 saturated carbocycles. The fraction of sp³-hybridized carbons (Fsp3) is 0.273. The Balaban J connectivity index is 1.97. The third kappa shape index (κ3) is 2.88. The predicted molar refractivity (Wildman–Crippen MR) is 71.7 cm³/mol. The van der Waals surface area contributed by atoms with Gasteiger partial charge in [0.05, 0.1) is 10.8 Å². The van der Waals surface area contributed by atoms with E-state index in [1.807, 2.05) is 0 Å². The number of rotatable bonds is 3. The molecule has 5 nitrogen and oxygen atoms in total. The number of halogens is 1. The van der Waals surface area contributed by atoms with Gasteiger partial charge in [0, 0.05) is 23.7 Å².